The third-order valence-electron chi connectivity index (χ3n) is 4.13. The number of hydrogen-bond acceptors (Lipinski definition) is 5. The van der Waals surface area contributed by atoms with E-state index in [-0.39, 0.29) is 29.1 Å². The molecular formula is C15H22ClN3O4. The van der Waals surface area contributed by atoms with Crippen molar-refractivity contribution in [2.24, 2.45) is 5.41 Å². The lowest BCUT2D eigenvalue weighted by atomic mass is 9.81. The fourth-order valence-corrected chi connectivity index (χ4v) is 2.58. The van der Waals surface area contributed by atoms with E-state index in [4.69, 9.17) is 4.74 Å². The predicted octanol–water partition coefficient (Wildman–Crippen LogP) is 2.14. The van der Waals surface area contributed by atoms with E-state index in [1.54, 1.807) is 0 Å². The first-order valence-corrected chi connectivity index (χ1v) is 7.26. The zero-order chi connectivity index (χ0) is 16.2. The molecule has 0 atom stereocenters. The van der Waals surface area contributed by atoms with Gasteiger partial charge in [-0.15, -0.1) is 12.4 Å². The summed E-state index contributed by atoms with van der Waals surface area (Å²) in [5.74, 6) is -0.0193. The summed E-state index contributed by atoms with van der Waals surface area (Å²) in [4.78, 5) is 22.9. The number of amides is 1. The second-order valence-electron chi connectivity index (χ2n) is 5.88. The molecule has 1 aromatic carbocycles. The van der Waals surface area contributed by atoms with Gasteiger partial charge in [-0.05, 0) is 43.5 Å². The number of nitro groups is 1. The van der Waals surface area contributed by atoms with Crippen LogP contribution in [0.2, 0.25) is 0 Å². The summed E-state index contributed by atoms with van der Waals surface area (Å²) in [6, 6.07) is 4.17. The maximum Gasteiger partial charge on any atom is 0.282 e. The standard InChI is InChI=1S/C15H21N3O4.ClH/c1-15(5-7-16-8-6-15)10-17-14(19)12-9-11(22-2)3-4-13(12)18(20)21;/h3-4,9,16H,5-8,10H2,1-2H3,(H,17,19);1H. The maximum atomic E-state index is 12.3. The van der Waals surface area contributed by atoms with E-state index >= 15 is 0 Å². The Hall–Kier alpha value is -1.86. The number of benzene rings is 1. The van der Waals surface area contributed by atoms with Gasteiger partial charge >= 0.3 is 0 Å². The second-order valence-corrected chi connectivity index (χ2v) is 5.88. The van der Waals surface area contributed by atoms with Crippen molar-refractivity contribution >= 4 is 24.0 Å². The average Bonchev–Trinajstić information content (AvgIpc) is 2.52. The number of nitro benzene ring substituents is 1. The SMILES string of the molecule is COc1ccc([N+](=O)[O-])c(C(=O)NCC2(C)CCNCC2)c1.Cl. The predicted molar refractivity (Wildman–Crippen MR) is 89.4 cm³/mol. The van der Waals surface area contributed by atoms with Crippen LogP contribution >= 0.6 is 12.4 Å². The average molecular weight is 344 g/mol. The molecule has 0 aromatic heterocycles. The first-order chi connectivity index (χ1) is 10.4. The number of carbonyl (C=O) groups excluding carboxylic acids is 1. The highest BCUT2D eigenvalue weighted by atomic mass is 35.5. The number of hydrogen-bond donors (Lipinski definition) is 2. The van der Waals surface area contributed by atoms with Crippen LogP contribution in [-0.4, -0.2) is 37.6 Å². The number of nitrogens with one attached hydrogen (secondary N) is 2. The molecule has 1 aliphatic rings. The topological polar surface area (TPSA) is 93.5 Å². The lowest BCUT2D eigenvalue weighted by molar-refractivity contribution is -0.385. The van der Waals surface area contributed by atoms with Gasteiger partial charge in [0.25, 0.3) is 11.6 Å². The lowest BCUT2D eigenvalue weighted by Crippen LogP contribution is -2.43. The zero-order valence-electron chi connectivity index (χ0n) is 13.3. The van der Waals surface area contributed by atoms with E-state index in [1.807, 2.05) is 0 Å². The maximum absolute atomic E-state index is 12.3. The lowest BCUT2D eigenvalue weighted by Gasteiger charge is -2.34. The van der Waals surface area contributed by atoms with Crippen LogP contribution in [-0.2, 0) is 0 Å². The molecule has 1 amide bonds. The highest BCUT2D eigenvalue weighted by molar-refractivity contribution is 5.98. The van der Waals surface area contributed by atoms with Crippen molar-refractivity contribution < 1.29 is 14.5 Å². The van der Waals surface area contributed by atoms with Crippen LogP contribution in [0.5, 0.6) is 5.75 Å². The van der Waals surface area contributed by atoms with Gasteiger partial charge < -0.3 is 15.4 Å². The second kappa shape index (κ2) is 8.12. The summed E-state index contributed by atoms with van der Waals surface area (Å²) >= 11 is 0. The third kappa shape index (κ3) is 4.80. The summed E-state index contributed by atoms with van der Waals surface area (Å²) in [5, 5.41) is 17.2. The summed E-state index contributed by atoms with van der Waals surface area (Å²) in [6.45, 7) is 4.47. The fraction of sp³-hybridized carbons (Fsp3) is 0.533. The number of ether oxygens (including phenoxy) is 1. The molecule has 128 valence electrons. The van der Waals surface area contributed by atoms with Crippen LogP contribution in [0.15, 0.2) is 18.2 Å². The van der Waals surface area contributed by atoms with Crippen molar-refractivity contribution in [3.05, 3.63) is 33.9 Å². The van der Waals surface area contributed by atoms with Crippen LogP contribution in [0, 0.1) is 15.5 Å². The normalized spacial score (nSPS) is 16.1. The van der Waals surface area contributed by atoms with E-state index in [1.165, 1.54) is 25.3 Å². The van der Waals surface area contributed by atoms with Gasteiger partial charge in [-0.25, -0.2) is 0 Å². The first-order valence-electron chi connectivity index (χ1n) is 7.26. The van der Waals surface area contributed by atoms with Gasteiger partial charge in [0.2, 0.25) is 0 Å². The summed E-state index contributed by atoms with van der Waals surface area (Å²) < 4.78 is 5.04. The quantitative estimate of drug-likeness (QED) is 0.631. The summed E-state index contributed by atoms with van der Waals surface area (Å²) in [5.41, 5.74) is -0.162. The van der Waals surface area contributed by atoms with Gasteiger partial charge in [0.1, 0.15) is 11.3 Å². The van der Waals surface area contributed by atoms with Crippen molar-refractivity contribution in [2.45, 2.75) is 19.8 Å². The molecule has 0 aliphatic carbocycles. The van der Waals surface area contributed by atoms with E-state index in [0.717, 1.165) is 25.9 Å². The van der Waals surface area contributed by atoms with Crippen molar-refractivity contribution in [1.82, 2.24) is 10.6 Å². The van der Waals surface area contributed by atoms with Crippen LogP contribution < -0.4 is 15.4 Å². The minimum atomic E-state index is -0.555. The van der Waals surface area contributed by atoms with Crippen LogP contribution in [0.1, 0.15) is 30.1 Å². The number of carbonyl (C=O) groups is 1. The monoisotopic (exact) mass is 343 g/mol. The Kier molecular flexibility index (Phi) is 6.78. The molecular weight excluding hydrogens is 322 g/mol. The molecule has 0 bridgehead atoms. The molecule has 1 aliphatic heterocycles. The number of halogens is 1. The summed E-state index contributed by atoms with van der Waals surface area (Å²) in [6.07, 6.45) is 1.93. The van der Waals surface area contributed by atoms with Gasteiger partial charge in [-0.3, -0.25) is 14.9 Å². The first kappa shape index (κ1) is 19.2. The highest BCUT2D eigenvalue weighted by Gasteiger charge is 2.28. The van der Waals surface area contributed by atoms with Crippen molar-refractivity contribution in [3.8, 4) is 5.75 Å². The van der Waals surface area contributed by atoms with Gasteiger partial charge in [-0.2, -0.15) is 0 Å². The van der Waals surface area contributed by atoms with Crippen LogP contribution in [0.25, 0.3) is 0 Å². The number of methoxy groups -OCH3 is 1. The van der Waals surface area contributed by atoms with Gasteiger partial charge in [0.05, 0.1) is 12.0 Å². The molecule has 23 heavy (non-hydrogen) atoms. The molecule has 0 radical (unpaired) electrons. The van der Waals surface area contributed by atoms with E-state index in [2.05, 4.69) is 17.6 Å². The molecule has 0 saturated carbocycles. The van der Waals surface area contributed by atoms with Crippen molar-refractivity contribution in [2.75, 3.05) is 26.7 Å². The van der Waals surface area contributed by atoms with Crippen LogP contribution in [0.3, 0.4) is 0 Å². The number of rotatable bonds is 5. The van der Waals surface area contributed by atoms with E-state index in [0.29, 0.717) is 12.3 Å². The fourth-order valence-electron chi connectivity index (χ4n) is 2.58. The molecule has 1 saturated heterocycles. The Labute approximate surface area is 141 Å². The molecule has 2 rings (SSSR count). The molecule has 1 heterocycles. The zero-order valence-corrected chi connectivity index (χ0v) is 14.1. The number of nitrogens with zero attached hydrogens (tertiary/aromatic N) is 1. The Balaban J connectivity index is 0.00000264. The summed E-state index contributed by atoms with van der Waals surface area (Å²) in [7, 11) is 1.46. The Morgan fingerprint density at radius 1 is 1.43 bits per heavy atom. The Bertz CT molecular complexity index is 574. The molecule has 8 heteroatoms. The highest BCUT2D eigenvalue weighted by Crippen LogP contribution is 2.28. The van der Waals surface area contributed by atoms with Gasteiger partial charge in [0.15, 0.2) is 0 Å². The smallest absolute Gasteiger partial charge is 0.282 e. The largest absolute Gasteiger partial charge is 0.497 e. The Morgan fingerprint density at radius 3 is 2.65 bits per heavy atom. The van der Waals surface area contributed by atoms with Gasteiger partial charge in [-0.1, -0.05) is 6.92 Å². The molecule has 0 unspecified atom stereocenters. The van der Waals surface area contributed by atoms with E-state index < -0.39 is 10.8 Å². The minimum Gasteiger partial charge on any atom is -0.497 e. The van der Waals surface area contributed by atoms with Crippen molar-refractivity contribution in [3.63, 3.8) is 0 Å². The third-order valence-corrected chi connectivity index (χ3v) is 4.13. The molecule has 0 spiro atoms. The molecule has 1 aromatic rings. The molecule has 2 N–H and O–H groups in total. The van der Waals surface area contributed by atoms with E-state index in [9.17, 15) is 14.9 Å². The molecule has 7 nitrogen and oxygen atoms in total. The molecule has 1 fully saturated rings. The minimum absolute atomic E-state index is 0. The van der Waals surface area contributed by atoms with Crippen molar-refractivity contribution in [1.29, 1.82) is 0 Å². The Morgan fingerprint density at radius 2 is 2.09 bits per heavy atom. The van der Waals surface area contributed by atoms with Crippen LogP contribution in [0.4, 0.5) is 5.69 Å². The number of piperidine rings is 1. The van der Waals surface area contributed by atoms with Gasteiger partial charge in [0, 0.05) is 12.6 Å².